The van der Waals surface area contributed by atoms with Crippen LogP contribution in [0, 0.1) is 32.6 Å². The van der Waals surface area contributed by atoms with Crippen LogP contribution in [-0.4, -0.2) is 56.5 Å². The molecule has 0 spiro atoms. The van der Waals surface area contributed by atoms with Crippen molar-refractivity contribution >= 4 is 11.9 Å². The Labute approximate surface area is 337 Å². The van der Waals surface area contributed by atoms with E-state index in [0.717, 1.165) is 74.9 Å². The summed E-state index contributed by atoms with van der Waals surface area (Å²) in [4.78, 5) is 42.3. The van der Waals surface area contributed by atoms with Crippen LogP contribution >= 0.6 is 0 Å². The van der Waals surface area contributed by atoms with E-state index in [2.05, 4.69) is 41.5 Å². The number of aryl methyl sites for hydroxylation is 3. The maximum atomic E-state index is 13.1. The van der Waals surface area contributed by atoms with Crippen LogP contribution in [0.3, 0.4) is 0 Å². The molecule has 58 heavy (non-hydrogen) atoms. The van der Waals surface area contributed by atoms with Gasteiger partial charge in [-0.3, -0.25) is 34.1 Å². The molecule has 0 atom stereocenters. The van der Waals surface area contributed by atoms with Crippen LogP contribution in [0.15, 0.2) is 110 Å². The fourth-order valence-electron chi connectivity index (χ4n) is 6.70. The van der Waals surface area contributed by atoms with E-state index < -0.39 is 5.97 Å². The van der Waals surface area contributed by atoms with Gasteiger partial charge in [-0.1, -0.05) is 12.1 Å². The number of aromatic nitrogens is 8. The first kappa shape index (κ1) is 38.1. The molecule has 0 unspecified atom stereocenters. The topological polar surface area (TPSA) is 154 Å². The number of pyridine rings is 2. The van der Waals surface area contributed by atoms with E-state index in [1.807, 2.05) is 97.1 Å². The Bertz CT molecular complexity index is 2550. The van der Waals surface area contributed by atoms with Gasteiger partial charge in [0, 0.05) is 71.9 Å². The molecule has 2 aromatic carbocycles. The molecule has 2 N–H and O–H groups in total. The molecule has 0 bridgehead atoms. The second kappa shape index (κ2) is 16.7. The Hall–Kier alpha value is -6.82. The minimum Gasteiger partial charge on any atom is -0.478 e. The molecule has 0 radical (unpaired) electrons. The molecule has 5 heterocycles. The molecule has 292 valence electrons. The number of carbonyl (C=O) groups excluding carboxylic acids is 1. The van der Waals surface area contributed by atoms with Gasteiger partial charge in [-0.15, -0.1) is 0 Å². The van der Waals surface area contributed by atoms with Crippen molar-refractivity contribution < 1.29 is 14.7 Å². The van der Waals surface area contributed by atoms with E-state index in [9.17, 15) is 14.7 Å². The monoisotopic (exact) mass is 771 g/mol. The summed E-state index contributed by atoms with van der Waals surface area (Å²) in [5, 5.41) is 21.4. The highest BCUT2D eigenvalue weighted by molar-refractivity contribution is 5.97. The van der Waals surface area contributed by atoms with E-state index in [-0.39, 0.29) is 11.5 Å². The Balaban J connectivity index is 0.000000168. The van der Waals surface area contributed by atoms with Gasteiger partial charge in [0.2, 0.25) is 0 Å². The lowest BCUT2D eigenvalue weighted by Crippen LogP contribution is -2.23. The molecule has 2 aliphatic carbocycles. The highest BCUT2D eigenvalue weighted by Gasteiger charge is 2.25. The Kier molecular flexibility index (Phi) is 11.0. The van der Waals surface area contributed by atoms with Crippen LogP contribution in [-0.2, 0) is 19.6 Å². The highest BCUT2D eigenvalue weighted by atomic mass is 16.4. The highest BCUT2D eigenvalue weighted by Crippen LogP contribution is 2.35. The maximum absolute atomic E-state index is 13.1. The first-order chi connectivity index (χ1) is 28.1. The van der Waals surface area contributed by atoms with Crippen molar-refractivity contribution in [1.29, 1.82) is 0 Å². The van der Waals surface area contributed by atoms with Crippen molar-refractivity contribution in [3.8, 4) is 45.0 Å². The fraction of sp³-hybridized carbons (Fsp3) is 0.261. The molecule has 2 fully saturated rings. The summed E-state index contributed by atoms with van der Waals surface area (Å²) in [5.74, 6) is 0.285. The van der Waals surface area contributed by atoms with Gasteiger partial charge < -0.3 is 10.4 Å². The molecule has 0 saturated heterocycles. The summed E-state index contributed by atoms with van der Waals surface area (Å²) in [5.41, 5.74) is 11.6. The third kappa shape index (κ3) is 9.40. The lowest BCUT2D eigenvalue weighted by atomic mass is 10.00. The summed E-state index contributed by atoms with van der Waals surface area (Å²) >= 11 is 0. The maximum Gasteiger partial charge on any atom is 0.335 e. The molecule has 2 aliphatic rings. The lowest BCUT2D eigenvalue weighted by Gasteiger charge is -2.12. The second-order valence-electron chi connectivity index (χ2n) is 15.4. The van der Waals surface area contributed by atoms with E-state index in [1.54, 1.807) is 36.9 Å². The van der Waals surface area contributed by atoms with Gasteiger partial charge in [-0.25, -0.2) is 4.79 Å². The first-order valence-corrected chi connectivity index (χ1v) is 19.6. The molecule has 5 aromatic heterocycles. The van der Waals surface area contributed by atoms with Crippen LogP contribution in [0.5, 0.6) is 0 Å². The van der Waals surface area contributed by atoms with Crippen LogP contribution < -0.4 is 5.32 Å². The SMILES string of the molecule is Cc1ccc(-c2cc(C(=O)NCc3cnc(C)cn3)cc(-c3ccnn3CC3CC3)c2)nc1.Cc1ccc(-c2cc(C(=O)O)cc(-c3ccnn3CC3CC3)c2)nc1. The van der Waals surface area contributed by atoms with Crippen molar-refractivity contribution in [2.24, 2.45) is 11.8 Å². The number of hydrogen-bond donors (Lipinski definition) is 2. The zero-order chi connectivity index (χ0) is 40.2. The zero-order valence-corrected chi connectivity index (χ0v) is 32.8. The largest absolute Gasteiger partial charge is 0.478 e. The molecular weight excluding hydrogens is 727 g/mol. The molecule has 0 aliphatic heterocycles. The van der Waals surface area contributed by atoms with Gasteiger partial charge in [0.1, 0.15) is 0 Å². The van der Waals surface area contributed by atoms with E-state index in [1.165, 1.54) is 25.7 Å². The minimum absolute atomic E-state index is 0.166. The molecule has 2 saturated carbocycles. The average molecular weight is 772 g/mol. The number of carbonyl (C=O) groups is 2. The van der Waals surface area contributed by atoms with Crippen molar-refractivity contribution in [2.75, 3.05) is 0 Å². The number of carboxylic acid groups (broad SMARTS) is 1. The second-order valence-corrected chi connectivity index (χ2v) is 15.4. The predicted octanol–water partition coefficient (Wildman–Crippen LogP) is 8.39. The Morgan fingerprint density at radius 1 is 0.621 bits per heavy atom. The molecule has 9 rings (SSSR count). The Morgan fingerprint density at radius 3 is 1.60 bits per heavy atom. The minimum atomic E-state index is -0.941. The molecule has 12 heteroatoms. The number of hydrogen-bond acceptors (Lipinski definition) is 8. The first-order valence-electron chi connectivity index (χ1n) is 19.6. The van der Waals surface area contributed by atoms with Gasteiger partial charge in [-0.2, -0.15) is 10.2 Å². The number of nitrogens with one attached hydrogen (secondary N) is 1. The summed E-state index contributed by atoms with van der Waals surface area (Å²) in [6, 6.07) is 23.1. The normalized spacial score (nSPS) is 13.4. The van der Waals surface area contributed by atoms with Crippen molar-refractivity contribution in [2.45, 2.75) is 66.1 Å². The molecular formula is C46H45N9O3. The number of rotatable bonds is 12. The summed E-state index contributed by atoms with van der Waals surface area (Å²) in [6.07, 6.45) is 15.6. The van der Waals surface area contributed by atoms with Gasteiger partial charge in [0.15, 0.2) is 0 Å². The van der Waals surface area contributed by atoms with E-state index in [4.69, 9.17) is 0 Å². The standard InChI is InChI=1S/C26H26N6O.C20H19N3O2/c1-17-3-6-24(29-12-17)20-9-21(25-7-8-31-32(25)16-19-4-5-19)11-22(10-20)26(33)30-15-23-14-27-18(2)13-28-23;1-13-2-5-18(21-11-13)15-8-16(10-17(9-15)20(24)25)19-6-7-22-23(19)12-14-3-4-14/h3,6-14,19H,4-5,15-16H2,1-2H3,(H,30,33);2,5-11,14H,3-4,12H2,1H3,(H,24,25). The number of aromatic carboxylic acids is 1. The zero-order valence-electron chi connectivity index (χ0n) is 32.8. The van der Waals surface area contributed by atoms with Crippen molar-refractivity contribution in [1.82, 2.24) is 44.8 Å². The Morgan fingerprint density at radius 2 is 1.14 bits per heavy atom. The average Bonchev–Trinajstić information content (AvgIpc) is 4.14. The number of nitrogens with zero attached hydrogens (tertiary/aromatic N) is 8. The number of amides is 1. The fourth-order valence-corrected chi connectivity index (χ4v) is 6.70. The molecule has 1 amide bonds. The summed E-state index contributed by atoms with van der Waals surface area (Å²) < 4.78 is 4.02. The number of carboxylic acids is 1. The van der Waals surface area contributed by atoms with Gasteiger partial charge >= 0.3 is 5.97 Å². The van der Waals surface area contributed by atoms with Crippen LogP contribution in [0.4, 0.5) is 0 Å². The molecule has 12 nitrogen and oxygen atoms in total. The summed E-state index contributed by atoms with van der Waals surface area (Å²) in [7, 11) is 0. The van der Waals surface area contributed by atoms with E-state index >= 15 is 0 Å². The predicted molar refractivity (Wildman–Crippen MR) is 222 cm³/mol. The molecule has 7 aromatic rings. The van der Waals surface area contributed by atoms with E-state index in [0.29, 0.717) is 29.6 Å². The third-order valence-electron chi connectivity index (χ3n) is 10.3. The van der Waals surface area contributed by atoms with Gasteiger partial charge in [-0.05, 0) is 130 Å². The quantitative estimate of drug-likeness (QED) is 0.125. The summed E-state index contributed by atoms with van der Waals surface area (Å²) in [6.45, 7) is 7.98. The third-order valence-corrected chi connectivity index (χ3v) is 10.3. The van der Waals surface area contributed by atoms with Gasteiger partial charge in [0.25, 0.3) is 5.91 Å². The van der Waals surface area contributed by atoms with Gasteiger partial charge in [0.05, 0.1) is 52.5 Å². The lowest BCUT2D eigenvalue weighted by molar-refractivity contribution is 0.0696. The number of benzene rings is 2. The van der Waals surface area contributed by atoms with Crippen LogP contribution in [0.25, 0.3) is 45.0 Å². The smallest absolute Gasteiger partial charge is 0.335 e. The van der Waals surface area contributed by atoms with Crippen LogP contribution in [0.2, 0.25) is 0 Å². The van der Waals surface area contributed by atoms with Crippen LogP contribution in [0.1, 0.15) is 68.9 Å². The van der Waals surface area contributed by atoms with Crippen molar-refractivity contribution in [3.63, 3.8) is 0 Å². The van der Waals surface area contributed by atoms with Crippen molar-refractivity contribution in [3.05, 3.63) is 144 Å².